The molecule has 0 aliphatic carbocycles. The minimum atomic E-state index is -1.61. The van der Waals surface area contributed by atoms with Gasteiger partial charge in [0.25, 0.3) is 0 Å². The average molecular weight is 755 g/mol. The molecule has 0 aromatic carbocycles. The summed E-state index contributed by atoms with van der Waals surface area (Å²) in [6, 6.07) is -7.23. The fourth-order valence-electron chi connectivity index (χ4n) is 5.80. The van der Waals surface area contributed by atoms with Gasteiger partial charge in [0, 0.05) is 26.6 Å². The average Bonchev–Trinajstić information content (AvgIpc) is 3.60. The van der Waals surface area contributed by atoms with Crippen molar-refractivity contribution >= 4 is 47.3 Å². The molecule has 1 aliphatic heterocycles. The van der Waals surface area contributed by atoms with Crippen molar-refractivity contribution in [3.8, 4) is 0 Å². The molecule has 1 saturated heterocycles. The van der Waals surface area contributed by atoms with E-state index in [1.165, 1.54) is 18.7 Å². The van der Waals surface area contributed by atoms with E-state index in [0.717, 1.165) is 0 Å². The quantitative estimate of drug-likeness (QED) is 0.0303. The van der Waals surface area contributed by atoms with Gasteiger partial charge in [0.1, 0.15) is 36.3 Å². The van der Waals surface area contributed by atoms with Crippen LogP contribution in [0.3, 0.4) is 0 Å². The third kappa shape index (κ3) is 14.8. The highest BCUT2D eigenvalue weighted by Crippen LogP contribution is 2.20. The van der Waals surface area contributed by atoms with Gasteiger partial charge >= 0.3 is 0 Å². The van der Waals surface area contributed by atoms with Crippen molar-refractivity contribution in [2.45, 2.75) is 129 Å². The Kier molecular flexibility index (Phi) is 20.4. The Labute approximate surface area is 311 Å². The molecule has 1 rings (SSSR count). The number of likely N-dealkylation sites (tertiary alicyclic amines) is 1. The summed E-state index contributed by atoms with van der Waals surface area (Å²) < 4.78 is 0. The largest absolute Gasteiger partial charge is 0.394 e. The Morgan fingerprint density at radius 3 is 1.83 bits per heavy atom. The highest BCUT2D eigenvalue weighted by atomic mass is 16.3. The van der Waals surface area contributed by atoms with Gasteiger partial charge in [0.05, 0.1) is 12.7 Å². The van der Waals surface area contributed by atoms with Crippen molar-refractivity contribution in [2.24, 2.45) is 28.3 Å². The molecule has 9 atom stereocenters. The normalized spacial score (nSPS) is 18.4. The molecule has 0 aromatic heterocycles. The van der Waals surface area contributed by atoms with Gasteiger partial charge in [-0.2, -0.15) is 0 Å². The lowest BCUT2D eigenvalue weighted by Crippen LogP contribution is -2.62. The van der Waals surface area contributed by atoms with Gasteiger partial charge in [-0.05, 0) is 51.4 Å². The number of nitrogens with zero attached hydrogens (tertiary/aromatic N) is 2. The van der Waals surface area contributed by atoms with Gasteiger partial charge in [-0.15, -0.1) is 0 Å². The van der Waals surface area contributed by atoms with Crippen LogP contribution in [0.25, 0.3) is 0 Å². The van der Waals surface area contributed by atoms with Crippen molar-refractivity contribution in [2.75, 3.05) is 26.2 Å². The van der Waals surface area contributed by atoms with E-state index >= 15 is 0 Å². The second-order valence-corrected chi connectivity index (χ2v) is 13.5. The zero-order valence-corrected chi connectivity index (χ0v) is 32.1. The molecule has 0 unspecified atom stereocenters. The number of aliphatic hydroxyl groups excluding tert-OH is 2. The second-order valence-electron chi connectivity index (χ2n) is 13.5. The first kappa shape index (κ1) is 46.5. The number of hydrogen-bond acceptors (Lipinski definition) is 10. The number of likely N-dealkylation sites (N-methyl/N-ethyl adjacent to an activating group) is 1. The monoisotopic (exact) mass is 754 g/mol. The lowest BCUT2D eigenvalue weighted by Gasteiger charge is -2.31. The van der Waals surface area contributed by atoms with Crippen LogP contribution in [-0.4, -0.2) is 131 Å². The maximum atomic E-state index is 13.8. The molecule has 1 aliphatic rings. The maximum Gasteiger partial charge on any atom is 0.245 e. The molecule has 12 N–H and O–H groups in total. The van der Waals surface area contributed by atoms with Crippen LogP contribution in [0, 0.1) is 11.8 Å². The summed E-state index contributed by atoms with van der Waals surface area (Å²) in [5.41, 5.74) is 10.9. The van der Waals surface area contributed by atoms with Crippen molar-refractivity contribution in [1.29, 1.82) is 0 Å². The number of guanidine groups is 1. The molecule has 0 bridgehead atoms. The Hall–Kier alpha value is -4.52. The third-order valence-electron chi connectivity index (χ3n) is 9.28. The zero-order valence-electron chi connectivity index (χ0n) is 32.1. The number of carbonyl (C=O) groups excluding carboxylic acids is 7. The molecule has 302 valence electrons. The fourth-order valence-corrected chi connectivity index (χ4v) is 5.80. The SMILES string of the molecule is CCNC(=O)[C@@H]1CCCN1C(=O)[C@H](CCCN=C(N)N)NC(=O)[C@@H](NC(=O)[C@H](CO)NC(=O)[C@@H](NC(=O)[C@H](NC(C)=O)[C@H](C)CC)[C@@H](C)O)[C@@H](C)CC. The van der Waals surface area contributed by atoms with Crippen LogP contribution in [0.5, 0.6) is 0 Å². The fraction of sp³-hybridized carbons (Fsp3) is 0.765. The van der Waals surface area contributed by atoms with Gasteiger partial charge in [-0.25, -0.2) is 0 Å². The maximum absolute atomic E-state index is 13.8. The van der Waals surface area contributed by atoms with Crippen LogP contribution in [-0.2, 0) is 33.6 Å². The molecule has 0 aromatic rings. The van der Waals surface area contributed by atoms with Crippen molar-refractivity contribution in [1.82, 2.24) is 36.8 Å². The van der Waals surface area contributed by atoms with E-state index in [0.29, 0.717) is 45.2 Å². The summed E-state index contributed by atoms with van der Waals surface area (Å²) in [5.74, 6) is -5.59. The minimum Gasteiger partial charge on any atom is -0.394 e. The highest BCUT2D eigenvalue weighted by molar-refractivity contribution is 5.97. The van der Waals surface area contributed by atoms with Crippen LogP contribution >= 0.6 is 0 Å². The number of hydrogen-bond donors (Lipinski definition) is 10. The summed E-state index contributed by atoms with van der Waals surface area (Å²) in [6.45, 7) is 11.2. The summed E-state index contributed by atoms with van der Waals surface area (Å²) in [6.07, 6.45) is 0.947. The number of nitrogens with one attached hydrogen (secondary N) is 6. The van der Waals surface area contributed by atoms with Crippen LogP contribution in [0.4, 0.5) is 0 Å². The second kappa shape index (κ2) is 23.2. The molecular formula is C34H62N10O9. The number of amides is 7. The Morgan fingerprint density at radius 1 is 0.792 bits per heavy atom. The van der Waals surface area contributed by atoms with Crippen LogP contribution in [0.15, 0.2) is 4.99 Å². The lowest BCUT2D eigenvalue weighted by atomic mass is 9.97. The minimum absolute atomic E-state index is 0.114. The first-order valence-corrected chi connectivity index (χ1v) is 18.3. The van der Waals surface area contributed by atoms with Gasteiger partial charge in [-0.1, -0.05) is 40.5 Å². The van der Waals surface area contributed by atoms with E-state index < -0.39 is 90.3 Å². The number of aliphatic hydroxyl groups is 2. The van der Waals surface area contributed by atoms with E-state index in [1.807, 2.05) is 6.92 Å². The number of rotatable bonds is 22. The standard InChI is InChI=1S/C34H62N10O9/c1-8-18(4)25(39-21(7)47)31(51)43-27(20(6)46)32(52)41-23(17-45)28(48)42-26(19(5)9-2)30(50)40-22(13-11-15-38-34(35)36)33(53)44-16-12-14-24(44)29(49)37-10-3/h18-20,22-27,45-46H,8-17H2,1-7H3,(H,37,49)(H,39,47)(H,40,50)(H,41,52)(H,42,48)(H,43,51)(H4,35,36,38)/t18-,19+,20-,22+,23+,24+,25-,26+,27+/m1/s1. The Morgan fingerprint density at radius 2 is 1.32 bits per heavy atom. The molecule has 1 fully saturated rings. The van der Waals surface area contributed by atoms with E-state index in [2.05, 4.69) is 36.9 Å². The van der Waals surface area contributed by atoms with E-state index in [4.69, 9.17) is 11.5 Å². The summed E-state index contributed by atoms with van der Waals surface area (Å²) in [4.78, 5) is 97.3. The molecular weight excluding hydrogens is 692 g/mol. The third-order valence-corrected chi connectivity index (χ3v) is 9.28. The van der Waals surface area contributed by atoms with Crippen LogP contribution in [0.2, 0.25) is 0 Å². The molecule has 0 spiro atoms. The number of nitrogens with two attached hydrogens (primary N) is 2. The molecule has 19 heteroatoms. The Balaban J connectivity index is 3.24. The van der Waals surface area contributed by atoms with Crippen molar-refractivity contribution in [3.05, 3.63) is 0 Å². The first-order chi connectivity index (χ1) is 24.9. The molecule has 1 heterocycles. The lowest BCUT2D eigenvalue weighted by molar-refractivity contribution is -0.142. The van der Waals surface area contributed by atoms with E-state index in [-0.39, 0.29) is 30.8 Å². The molecule has 19 nitrogen and oxygen atoms in total. The molecule has 0 saturated carbocycles. The van der Waals surface area contributed by atoms with Crippen molar-refractivity contribution in [3.63, 3.8) is 0 Å². The summed E-state index contributed by atoms with van der Waals surface area (Å²) in [7, 11) is 0. The van der Waals surface area contributed by atoms with Gasteiger partial charge in [-0.3, -0.25) is 38.6 Å². The van der Waals surface area contributed by atoms with E-state index in [1.54, 1.807) is 27.7 Å². The smallest absolute Gasteiger partial charge is 0.245 e. The van der Waals surface area contributed by atoms with Gasteiger partial charge in [0.15, 0.2) is 5.96 Å². The van der Waals surface area contributed by atoms with Gasteiger partial charge < -0.3 is 58.5 Å². The number of aliphatic imine (C=N–C) groups is 1. The first-order valence-electron chi connectivity index (χ1n) is 18.3. The predicted molar refractivity (Wildman–Crippen MR) is 196 cm³/mol. The molecule has 0 radical (unpaired) electrons. The number of carbonyl (C=O) groups is 7. The predicted octanol–water partition coefficient (Wildman–Crippen LogP) is -2.92. The highest BCUT2D eigenvalue weighted by Gasteiger charge is 2.39. The molecule has 53 heavy (non-hydrogen) atoms. The summed E-state index contributed by atoms with van der Waals surface area (Å²) >= 11 is 0. The van der Waals surface area contributed by atoms with E-state index in [9.17, 15) is 43.8 Å². The zero-order chi connectivity index (χ0) is 40.4. The van der Waals surface area contributed by atoms with Crippen LogP contribution < -0.4 is 43.4 Å². The van der Waals surface area contributed by atoms with Gasteiger partial charge in [0.2, 0.25) is 41.4 Å². The Bertz CT molecular complexity index is 1290. The van der Waals surface area contributed by atoms with Crippen molar-refractivity contribution < 1.29 is 43.8 Å². The topological polar surface area (TPSA) is 300 Å². The summed E-state index contributed by atoms with van der Waals surface area (Å²) in [5, 5.41) is 35.8. The molecule has 7 amide bonds. The van der Waals surface area contributed by atoms with Crippen LogP contribution in [0.1, 0.15) is 87.0 Å².